The van der Waals surface area contributed by atoms with Crippen LogP contribution in [0, 0.1) is 0 Å². The second-order valence-electron chi connectivity index (χ2n) is 3.87. The lowest BCUT2D eigenvalue weighted by molar-refractivity contribution is 0.415. The van der Waals surface area contributed by atoms with Crippen molar-refractivity contribution in [1.82, 2.24) is 4.98 Å². The van der Waals surface area contributed by atoms with Crippen LogP contribution < -0.4 is 4.74 Å². The van der Waals surface area contributed by atoms with Crippen molar-refractivity contribution in [3.05, 3.63) is 47.8 Å². The topological polar surface area (TPSA) is 37.4 Å². The molecule has 3 heteroatoms. The van der Waals surface area contributed by atoms with Gasteiger partial charge in [0.2, 0.25) is 0 Å². The predicted molar refractivity (Wildman–Crippen MR) is 69.8 cm³/mol. The van der Waals surface area contributed by atoms with Gasteiger partial charge < -0.3 is 9.72 Å². The summed E-state index contributed by atoms with van der Waals surface area (Å²) >= 11 is 0. The number of H-pyrrole nitrogens is 1. The number of fused-ring (bicyclic) bond motifs is 1. The van der Waals surface area contributed by atoms with Gasteiger partial charge in [0.25, 0.3) is 0 Å². The minimum atomic E-state index is 0.835. The molecule has 0 radical (unpaired) electrons. The van der Waals surface area contributed by atoms with Gasteiger partial charge in [0.05, 0.1) is 12.8 Å². The number of hydrogen-bond acceptors (Lipinski definition) is 2. The van der Waals surface area contributed by atoms with E-state index in [1.807, 2.05) is 42.7 Å². The van der Waals surface area contributed by atoms with Gasteiger partial charge in [-0.05, 0) is 30.3 Å². The number of rotatable bonds is 2. The van der Waals surface area contributed by atoms with E-state index in [0.29, 0.717) is 0 Å². The Labute approximate surface area is 99.5 Å². The summed E-state index contributed by atoms with van der Waals surface area (Å²) in [4.78, 5) is 7.54. The highest BCUT2D eigenvalue weighted by Crippen LogP contribution is 2.35. The highest BCUT2D eigenvalue weighted by atomic mass is 16.5. The highest BCUT2D eigenvalue weighted by molar-refractivity contribution is 6.21. The quantitative estimate of drug-likeness (QED) is 0.835. The van der Waals surface area contributed by atoms with Crippen LogP contribution in [-0.2, 0) is 0 Å². The summed E-state index contributed by atoms with van der Waals surface area (Å²) in [5.74, 6) is 0.835. The van der Waals surface area contributed by atoms with Crippen molar-refractivity contribution in [1.29, 1.82) is 0 Å². The highest BCUT2D eigenvalue weighted by Gasteiger charge is 2.12. The van der Waals surface area contributed by atoms with Crippen molar-refractivity contribution in [3.63, 3.8) is 0 Å². The van der Waals surface area contributed by atoms with Crippen LogP contribution in [0.1, 0.15) is 11.3 Å². The average molecular weight is 224 g/mol. The summed E-state index contributed by atoms with van der Waals surface area (Å²) in [5, 5.41) is 0. The van der Waals surface area contributed by atoms with Gasteiger partial charge in [0.1, 0.15) is 5.75 Å². The summed E-state index contributed by atoms with van der Waals surface area (Å²) < 4.78 is 5.18. The van der Waals surface area contributed by atoms with Crippen LogP contribution >= 0.6 is 0 Å². The van der Waals surface area contributed by atoms with Crippen molar-refractivity contribution >= 4 is 23.6 Å². The van der Waals surface area contributed by atoms with Crippen LogP contribution in [0.4, 0.5) is 5.69 Å². The van der Waals surface area contributed by atoms with Crippen LogP contribution in [0.25, 0.3) is 11.6 Å². The van der Waals surface area contributed by atoms with Gasteiger partial charge in [-0.15, -0.1) is 0 Å². The number of aromatic amines is 1. The second kappa shape index (κ2) is 3.94. The first-order valence-electron chi connectivity index (χ1n) is 5.44. The molecule has 1 aliphatic rings. The van der Waals surface area contributed by atoms with E-state index >= 15 is 0 Å². The van der Waals surface area contributed by atoms with E-state index in [1.165, 1.54) is 0 Å². The van der Waals surface area contributed by atoms with Gasteiger partial charge >= 0.3 is 0 Å². The number of methoxy groups -OCH3 is 1. The average Bonchev–Trinajstić information content (AvgIpc) is 2.99. The summed E-state index contributed by atoms with van der Waals surface area (Å²) in [6.45, 7) is 0. The molecule has 1 aromatic heterocycles. The maximum absolute atomic E-state index is 5.18. The smallest absolute Gasteiger partial charge is 0.121 e. The number of ether oxygens (including phenoxy) is 1. The lowest BCUT2D eigenvalue weighted by Gasteiger charge is -2.02. The molecule has 84 valence electrons. The molecule has 3 nitrogen and oxygen atoms in total. The van der Waals surface area contributed by atoms with Crippen molar-refractivity contribution in [2.45, 2.75) is 0 Å². The standard InChI is InChI=1S/C14H12N2O/c1-17-12-4-5-13-10(9-16-14(13)8-12)7-11-3-2-6-15-11/h2-9,15H,1H3. The van der Waals surface area contributed by atoms with Crippen LogP contribution in [0.15, 0.2) is 41.5 Å². The van der Waals surface area contributed by atoms with E-state index < -0.39 is 0 Å². The predicted octanol–water partition coefficient (Wildman–Crippen LogP) is 3.28. The van der Waals surface area contributed by atoms with E-state index in [-0.39, 0.29) is 0 Å². The maximum Gasteiger partial charge on any atom is 0.121 e. The molecular weight excluding hydrogens is 212 g/mol. The Morgan fingerprint density at radius 2 is 2.24 bits per heavy atom. The van der Waals surface area contributed by atoms with E-state index in [9.17, 15) is 0 Å². The van der Waals surface area contributed by atoms with Crippen LogP contribution in [0.3, 0.4) is 0 Å². The molecular formula is C14H12N2O. The molecule has 1 aliphatic heterocycles. The largest absolute Gasteiger partial charge is 0.497 e. The van der Waals surface area contributed by atoms with Crippen LogP contribution in [-0.4, -0.2) is 18.3 Å². The Kier molecular flexibility index (Phi) is 2.29. The molecule has 0 bridgehead atoms. The zero-order valence-corrected chi connectivity index (χ0v) is 9.47. The lowest BCUT2D eigenvalue weighted by Crippen LogP contribution is -1.84. The van der Waals surface area contributed by atoms with Crippen LogP contribution in [0.5, 0.6) is 5.75 Å². The Bertz CT molecular complexity index is 595. The Balaban J connectivity index is 2.02. The first-order valence-corrected chi connectivity index (χ1v) is 5.44. The summed E-state index contributed by atoms with van der Waals surface area (Å²) in [7, 11) is 1.66. The van der Waals surface area contributed by atoms with Gasteiger partial charge in [-0.3, -0.25) is 4.99 Å². The molecule has 1 aromatic carbocycles. The first-order chi connectivity index (χ1) is 8.36. The fourth-order valence-electron chi connectivity index (χ4n) is 1.91. The first kappa shape index (κ1) is 9.90. The fraction of sp³-hybridized carbons (Fsp3) is 0.0714. The van der Waals surface area contributed by atoms with Crippen LogP contribution in [0.2, 0.25) is 0 Å². The van der Waals surface area contributed by atoms with Gasteiger partial charge in [-0.2, -0.15) is 0 Å². The molecule has 2 heterocycles. The number of benzene rings is 1. The summed E-state index contributed by atoms with van der Waals surface area (Å²) in [5.41, 5.74) is 4.29. The van der Waals surface area contributed by atoms with Crippen molar-refractivity contribution in [3.8, 4) is 5.75 Å². The molecule has 2 aromatic rings. The van der Waals surface area contributed by atoms with Gasteiger partial charge in [0, 0.05) is 35.3 Å². The van der Waals surface area contributed by atoms with Gasteiger partial charge in [-0.1, -0.05) is 0 Å². The Morgan fingerprint density at radius 1 is 1.29 bits per heavy atom. The molecule has 1 N–H and O–H groups in total. The SMILES string of the molecule is COc1ccc2c(c1)N=CC2=Cc1ccc[nH]1. The maximum atomic E-state index is 5.18. The Hall–Kier alpha value is -2.29. The zero-order valence-electron chi connectivity index (χ0n) is 9.47. The van der Waals surface area contributed by atoms with E-state index in [2.05, 4.69) is 16.1 Å². The third kappa shape index (κ3) is 1.76. The van der Waals surface area contributed by atoms with Crippen molar-refractivity contribution in [2.24, 2.45) is 4.99 Å². The van der Waals surface area contributed by atoms with E-state index in [0.717, 1.165) is 28.3 Å². The van der Waals surface area contributed by atoms with Crippen molar-refractivity contribution in [2.75, 3.05) is 7.11 Å². The minimum absolute atomic E-state index is 0.835. The fourth-order valence-corrected chi connectivity index (χ4v) is 1.91. The Morgan fingerprint density at radius 3 is 3.00 bits per heavy atom. The monoisotopic (exact) mass is 224 g/mol. The molecule has 0 aliphatic carbocycles. The summed E-state index contributed by atoms with van der Waals surface area (Å²) in [6.07, 6.45) is 5.88. The molecule has 17 heavy (non-hydrogen) atoms. The third-order valence-electron chi connectivity index (χ3n) is 2.79. The molecule has 0 amide bonds. The molecule has 0 fully saturated rings. The molecule has 3 rings (SSSR count). The number of hydrogen-bond donors (Lipinski definition) is 1. The van der Waals surface area contributed by atoms with Crippen molar-refractivity contribution < 1.29 is 4.74 Å². The molecule has 0 saturated heterocycles. The molecule has 0 unspecified atom stereocenters. The number of nitrogens with zero attached hydrogens (tertiary/aromatic N) is 1. The zero-order chi connectivity index (χ0) is 11.7. The summed E-state index contributed by atoms with van der Waals surface area (Å²) in [6, 6.07) is 9.95. The van der Waals surface area contributed by atoms with Gasteiger partial charge in [0.15, 0.2) is 0 Å². The second-order valence-corrected chi connectivity index (χ2v) is 3.87. The molecule has 0 atom stereocenters. The number of allylic oxidation sites excluding steroid dienone is 1. The number of aromatic nitrogens is 1. The van der Waals surface area contributed by atoms with Gasteiger partial charge in [-0.25, -0.2) is 0 Å². The molecule has 0 saturated carbocycles. The number of nitrogens with one attached hydrogen (secondary N) is 1. The van der Waals surface area contributed by atoms with E-state index in [1.54, 1.807) is 7.11 Å². The molecule has 0 spiro atoms. The minimum Gasteiger partial charge on any atom is -0.497 e. The normalized spacial score (nSPS) is 15.2. The lowest BCUT2D eigenvalue weighted by atomic mass is 10.1. The third-order valence-corrected chi connectivity index (χ3v) is 2.79. The van der Waals surface area contributed by atoms with E-state index in [4.69, 9.17) is 4.74 Å². The number of aliphatic imine (C=N–C) groups is 1.